The third-order valence-corrected chi connectivity index (χ3v) is 3.84. The largest absolute Gasteiger partial charge is 0.573 e. The molecule has 0 aliphatic carbocycles. The number of ketones is 1. The number of halogens is 6. The lowest BCUT2D eigenvalue weighted by Gasteiger charge is -2.09. The SMILES string of the molecule is O=C(Cc1ccc(OC(F)(F)F)cc1)Cc1ccc(-c2noc(C(F)(F)F)n2)cc1. The van der Waals surface area contributed by atoms with Gasteiger partial charge in [-0.2, -0.15) is 18.2 Å². The molecule has 0 fully saturated rings. The van der Waals surface area contributed by atoms with Gasteiger partial charge in [0, 0.05) is 18.4 Å². The van der Waals surface area contributed by atoms with Crippen LogP contribution in [0.15, 0.2) is 53.1 Å². The molecule has 0 N–H and O–H groups in total. The molecule has 0 saturated heterocycles. The lowest BCUT2D eigenvalue weighted by Crippen LogP contribution is -2.17. The van der Waals surface area contributed by atoms with Gasteiger partial charge in [-0.25, -0.2) is 0 Å². The molecular formula is C19H12F6N2O3. The fraction of sp³-hybridized carbons (Fsp3) is 0.211. The minimum atomic E-state index is -4.79. The van der Waals surface area contributed by atoms with Crippen LogP contribution in [0, 0.1) is 0 Å². The molecule has 11 heteroatoms. The third-order valence-electron chi connectivity index (χ3n) is 3.84. The first kappa shape index (κ1) is 21.3. The van der Waals surface area contributed by atoms with Gasteiger partial charge in [0.15, 0.2) is 0 Å². The number of carbonyl (C=O) groups is 1. The van der Waals surface area contributed by atoms with Gasteiger partial charge in [-0.3, -0.25) is 4.79 Å². The molecule has 0 unspecified atom stereocenters. The van der Waals surface area contributed by atoms with Gasteiger partial charge in [0.2, 0.25) is 5.82 Å². The molecule has 0 amide bonds. The average molecular weight is 430 g/mol. The highest BCUT2D eigenvalue weighted by atomic mass is 19.4. The maximum Gasteiger partial charge on any atom is 0.573 e. The Kier molecular flexibility index (Phi) is 5.81. The van der Waals surface area contributed by atoms with Crippen molar-refractivity contribution in [2.45, 2.75) is 25.4 Å². The van der Waals surface area contributed by atoms with Crippen molar-refractivity contribution in [1.29, 1.82) is 0 Å². The Morgan fingerprint density at radius 3 is 1.87 bits per heavy atom. The van der Waals surface area contributed by atoms with Gasteiger partial charge < -0.3 is 9.26 Å². The number of benzene rings is 2. The molecule has 0 aliphatic rings. The lowest BCUT2D eigenvalue weighted by atomic mass is 10.0. The van der Waals surface area contributed by atoms with Crippen LogP contribution < -0.4 is 4.74 Å². The summed E-state index contributed by atoms with van der Waals surface area (Å²) in [5, 5.41) is 3.27. The summed E-state index contributed by atoms with van der Waals surface area (Å²) in [5.41, 5.74) is 1.39. The number of hydrogen-bond donors (Lipinski definition) is 0. The average Bonchev–Trinajstić information content (AvgIpc) is 3.13. The van der Waals surface area contributed by atoms with Gasteiger partial charge in [0.1, 0.15) is 11.5 Å². The first-order valence-corrected chi connectivity index (χ1v) is 8.36. The Morgan fingerprint density at radius 2 is 1.40 bits per heavy atom. The molecule has 1 aromatic heterocycles. The van der Waals surface area contributed by atoms with E-state index in [0.29, 0.717) is 11.1 Å². The Morgan fingerprint density at radius 1 is 0.867 bits per heavy atom. The fourth-order valence-electron chi connectivity index (χ4n) is 2.55. The van der Waals surface area contributed by atoms with E-state index in [2.05, 4.69) is 19.4 Å². The molecule has 0 atom stereocenters. The van der Waals surface area contributed by atoms with Crippen LogP contribution in [0.1, 0.15) is 17.0 Å². The summed E-state index contributed by atoms with van der Waals surface area (Å²) < 4.78 is 81.9. The molecule has 3 aromatic rings. The number of nitrogens with zero attached hydrogens (tertiary/aromatic N) is 2. The van der Waals surface area contributed by atoms with E-state index in [0.717, 1.165) is 12.1 Å². The number of hydrogen-bond acceptors (Lipinski definition) is 5. The zero-order valence-electron chi connectivity index (χ0n) is 14.9. The number of aromatic nitrogens is 2. The van der Waals surface area contributed by atoms with Gasteiger partial charge in [-0.05, 0) is 23.3 Å². The van der Waals surface area contributed by atoms with Gasteiger partial charge in [0.05, 0.1) is 0 Å². The Balaban J connectivity index is 1.59. The molecule has 2 aromatic carbocycles. The predicted molar refractivity (Wildman–Crippen MR) is 90.3 cm³/mol. The highest BCUT2D eigenvalue weighted by molar-refractivity contribution is 5.83. The fourth-order valence-corrected chi connectivity index (χ4v) is 2.55. The van der Waals surface area contributed by atoms with E-state index >= 15 is 0 Å². The number of ether oxygens (including phenoxy) is 1. The summed E-state index contributed by atoms with van der Waals surface area (Å²) in [6.45, 7) is 0. The summed E-state index contributed by atoms with van der Waals surface area (Å²) in [5.74, 6) is -2.28. The van der Waals surface area contributed by atoms with Crippen molar-refractivity contribution in [3.05, 3.63) is 65.5 Å². The Hall–Kier alpha value is -3.37. The third kappa shape index (κ3) is 5.82. The molecule has 158 valence electrons. The van der Waals surface area contributed by atoms with Crippen LogP contribution in [0.3, 0.4) is 0 Å². The lowest BCUT2D eigenvalue weighted by molar-refractivity contribution is -0.274. The summed E-state index contributed by atoms with van der Waals surface area (Å²) in [6, 6.07) is 10.9. The number of Topliss-reactive ketones (excluding diaryl/α,β-unsaturated/α-hetero) is 1. The van der Waals surface area contributed by atoms with E-state index in [1.807, 2.05) is 0 Å². The van der Waals surface area contributed by atoms with Crippen LogP contribution in [0.4, 0.5) is 26.3 Å². The van der Waals surface area contributed by atoms with E-state index in [1.54, 1.807) is 0 Å². The second-order valence-electron chi connectivity index (χ2n) is 6.20. The summed E-state index contributed by atoms with van der Waals surface area (Å²) in [7, 11) is 0. The number of alkyl halides is 6. The zero-order valence-corrected chi connectivity index (χ0v) is 14.9. The van der Waals surface area contributed by atoms with Crippen molar-refractivity contribution in [3.63, 3.8) is 0 Å². The van der Waals surface area contributed by atoms with Gasteiger partial charge >= 0.3 is 18.4 Å². The molecule has 5 nitrogen and oxygen atoms in total. The molecular weight excluding hydrogens is 418 g/mol. The standard InChI is InChI=1S/C19H12F6N2O3/c20-18(21,22)17-26-16(27-30-17)13-5-1-11(2-6-13)9-14(28)10-12-3-7-15(8-4-12)29-19(23,24)25/h1-8H,9-10H2. The van der Waals surface area contributed by atoms with Gasteiger partial charge in [-0.1, -0.05) is 41.6 Å². The minimum absolute atomic E-state index is 0.00612. The van der Waals surface area contributed by atoms with Crippen molar-refractivity contribution in [2.24, 2.45) is 0 Å². The van der Waals surface area contributed by atoms with Crippen molar-refractivity contribution in [2.75, 3.05) is 0 Å². The van der Waals surface area contributed by atoms with Crippen molar-refractivity contribution < 1.29 is 40.4 Å². The maximum atomic E-state index is 12.5. The minimum Gasteiger partial charge on any atom is -0.406 e. The topological polar surface area (TPSA) is 65.2 Å². The Labute approximate surface area is 165 Å². The van der Waals surface area contributed by atoms with Gasteiger partial charge in [0.25, 0.3) is 0 Å². The Bertz CT molecular complexity index is 1010. The predicted octanol–water partition coefficient (Wildman–Crippen LogP) is 5.01. The van der Waals surface area contributed by atoms with E-state index in [1.165, 1.54) is 36.4 Å². The van der Waals surface area contributed by atoms with E-state index in [9.17, 15) is 31.1 Å². The highest BCUT2D eigenvalue weighted by Gasteiger charge is 2.38. The van der Waals surface area contributed by atoms with E-state index in [4.69, 9.17) is 0 Å². The molecule has 0 spiro atoms. The first-order valence-electron chi connectivity index (χ1n) is 8.36. The molecule has 0 radical (unpaired) electrons. The van der Waals surface area contributed by atoms with Crippen LogP contribution in [0.25, 0.3) is 11.4 Å². The second-order valence-corrected chi connectivity index (χ2v) is 6.20. The highest BCUT2D eigenvalue weighted by Crippen LogP contribution is 2.29. The van der Waals surface area contributed by atoms with Crippen molar-refractivity contribution in [1.82, 2.24) is 10.1 Å². The van der Waals surface area contributed by atoms with Crippen LogP contribution >= 0.6 is 0 Å². The normalized spacial score (nSPS) is 12.1. The van der Waals surface area contributed by atoms with Gasteiger partial charge in [-0.15, -0.1) is 13.2 Å². The summed E-state index contributed by atoms with van der Waals surface area (Å²) in [6.07, 6.45) is -9.51. The summed E-state index contributed by atoms with van der Waals surface area (Å²) in [4.78, 5) is 15.5. The van der Waals surface area contributed by atoms with Crippen molar-refractivity contribution >= 4 is 5.78 Å². The van der Waals surface area contributed by atoms with Crippen LogP contribution in [-0.2, 0) is 23.8 Å². The van der Waals surface area contributed by atoms with E-state index < -0.39 is 18.4 Å². The second kappa shape index (κ2) is 8.17. The number of carbonyl (C=O) groups excluding carboxylic acids is 1. The van der Waals surface area contributed by atoms with E-state index in [-0.39, 0.29) is 35.8 Å². The monoisotopic (exact) mass is 430 g/mol. The molecule has 1 heterocycles. The molecule has 0 bridgehead atoms. The van der Waals surface area contributed by atoms with Crippen LogP contribution in [0.2, 0.25) is 0 Å². The van der Waals surface area contributed by atoms with Crippen LogP contribution in [-0.4, -0.2) is 22.3 Å². The molecule has 30 heavy (non-hydrogen) atoms. The number of rotatable bonds is 6. The first-order chi connectivity index (χ1) is 14.0. The van der Waals surface area contributed by atoms with Crippen molar-refractivity contribution in [3.8, 4) is 17.1 Å². The quantitative estimate of drug-likeness (QED) is 0.515. The summed E-state index contributed by atoms with van der Waals surface area (Å²) >= 11 is 0. The smallest absolute Gasteiger partial charge is 0.406 e. The van der Waals surface area contributed by atoms with Crippen LogP contribution in [0.5, 0.6) is 5.75 Å². The maximum absolute atomic E-state index is 12.5. The molecule has 0 saturated carbocycles. The zero-order chi connectivity index (χ0) is 21.9. The molecule has 0 aliphatic heterocycles. The molecule has 3 rings (SSSR count).